The average Bonchev–Trinajstić information content (AvgIpc) is 2.60. The second kappa shape index (κ2) is 8.24. The molecule has 1 N–H and O–H groups in total. The molecule has 2 aromatic carbocycles. The fourth-order valence-electron chi connectivity index (χ4n) is 2.73. The summed E-state index contributed by atoms with van der Waals surface area (Å²) in [6, 6.07) is 10.4. The Bertz CT molecular complexity index is 810. The number of non-ortho nitro benzene ring substituents is 1. The molecule has 0 saturated heterocycles. The van der Waals surface area contributed by atoms with E-state index in [1.807, 2.05) is 32.0 Å². The summed E-state index contributed by atoms with van der Waals surface area (Å²) in [6.07, 6.45) is 0.168. The van der Waals surface area contributed by atoms with E-state index in [0.717, 1.165) is 11.1 Å². The Morgan fingerprint density at radius 3 is 2.19 bits per heavy atom. The van der Waals surface area contributed by atoms with Gasteiger partial charge in [-0.15, -0.1) is 0 Å². The van der Waals surface area contributed by atoms with Crippen LogP contribution >= 0.6 is 0 Å². The molecular weight excluding hydrogens is 336 g/mol. The lowest BCUT2D eigenvalue weighted by atomic mass is 10.0. The van der Waals surface area contributed by atoms with Crippen LogP contribution in [-0.4, -0.2) is 30.0 Å². The van der Waals surface area contributed by atoms with Gasteiger partial charge in [-0.05, 0) is 30.5 Å². The van der Waals surface area contributed by atoms with Gasteiger partial charge in [0.1, 0.15) is 6.04 Å². The zero-order valence-electron chi connectivity index (χ0n) is 14.8. The van der Waals surface area contributed by atoms with Crippen LogP contribution in [0.4, 0.5) is 5.69 Å². The van der Waals surface area contributed by atoms with E-state index in [2.05, 4.69) is 5.32 Å². The summed E-state index contributed by atoms with van der Waals surface area (Å²) in [7, 11) is 1.25. The molecule has 7 heteroatoms. The van der Waals surface area contributed by atoms with Gasteiger partial charge >= 0.3 is 5.97 Å². The van der Waals surface area contributed by atoms with Crippen LogP contribution in [-0.2, 0) is 16.0 Å². The smallest absolute Gasteiger partial charge is 0.328 e. The molecule has 0 heterocycles. The van der Waals surface area contributed by atoms with Crippen molar-refractivity contribution in [2.45, 2.75) is 26.3 Å². The first kappa shape index (κ1) is 19.1. The van der Waals surface area contributed by atoms with E-state index < -0.39 is 16.9 Å². The normalized spacial score (nSPS) is 11.5. The first-order valence-electron chi connectivity index (χ1n) is 8.01. The first-order valence-corrected chi connectivity index (χ1v) is 8.01. The number of esters is 1. The van der Waals surface area contributed by atoms with Crippen LogP contribution < -0.4 is 5.32 Å². The van der Waals surface area contributed by atoms with E-state index in [1.54, 1.807) is 12.1 Å². The highest BCUT2D eigenvalue weighted by Gasteiger charge is 2.24. The number of nitrogens with zero attached hydrogens (tertiary/aromatic N) is 1. The number of amides is 1. The summed E-state index contributed by atoms with van der Waals surface area (Å²) in [6.45, 7) is 3.65. The highest BCUT2D eigenvalue weighted by atomic mass is 16.6. The van der Waals surface area contributed by atoms with Crippen LogP contribution in [0.5, 0.6) is 0 Å². The molecule has 1 atom stereocenters. The Balaban J connectivity index is 2.21. The second-order valence-electron chi connectivity index (χ2n) is 5.94. The van der Waals surface area contributed by atoms with Crippen LogP contribution in [0.1, 0.15) is 27.0 Å². The van der Waals surface area contributed by atoms with Gasteiger partial charge in [-0.1, -0.05) is 30.3 Å². The molecule has 0 aromatic heterocycles. The van der Waals surface area contributed by atoms with E-state index in [4.69, 9.17) is 4.74 Å². The second-order valence-corrected chi connectivity index (χ2v) is 5.94. The minimum Gasteiger partial charge on any atom is -0.467 e. The number of benzene rings is 2. The molecule has 0 bridgehead atoms. The molecule has 0 aliphatic carbocycles. The number of methoxy groups -OCH3 is 1. The third-order valence-electron chi connectivity index (χ3n) is 4.09. The SMILES string of the molecule is COC(=O)[C@H](Cc1ccc([N+](=O)[O-])cc1)NC(=O)c1c(C)cccc1C. The molecule has 0 unspecified atom stereocenters. The number of aryl methyl sites for hydroxylation is 2. The van der Waals surface area contributed by atoms with Crippen molar-refractivity contribution in [1.29, 1.82) is 0 Å². The maximum atomic E-state index is 12.6. The van der Waals surface area contributed by atoms with Crippen molar-refractivity contribution >= 4 is 17.6 Å². The lowest BCUT2D eigenvalue weighted by molar-refractivity contribution is -0.384. The summed E-state index contributed by atoms with van der Waals surface area (Å²) in [4.78, 5) is 35.0. The van der Waals surface area contributed by atoms with Crippen molar-refractivity contribution < 1.29 is 19.2 Å². The molecule has 0 aliphatic rings. The number of nitro benzene ring substituents is 1. The Hall–Kier alpha value is -3.22. The Labute approximate surface area is 151 Å². The van der Waals surface area contributed by atoms with Crippen molar-refractivity contribution in [2.75, 3.05) is 7.11 Å². The van der Waals surface area contributed by atoms with Crippen molar-refractivity contribution in [3.8, 4) is 0 Å². The molecular formula is C19H20N2O5. The van der Waals surface area contributed by atoms with Crippen molar-refractivity contribution in [3.63, 3.8) is 0 Å². The maximum Gasteiger partial charge on any atom is 0.328 e. The monoisotopic (exact) mass is 356 g/mol. The number of carbonyl (C=O) groups is 2. The van der Waals surface area contributed by atoms with Crippen molar-refractivity contribution in [2.24, 2.45) is 0 Å². The number of ether oxygens (including phenoxy) is 1. The van der Waals surface area contributed by atoms with Crippen LogP contribution in [0.3, 0.4) is 0 Å². The molecule has 2 rings (SSSR count). The first-order chi connectivity index (χ1) is 12.3. The third kappa shape index (κ3) is 4.44. The number of nitrogens with one attached hydrogen (secondary N) is 1. The van der Waals surface area contributed by atoms with Crippen LogP contribution in [0.2, 0.25) is 0 Å². The number of nitro groups is 1. The lowest BCUT2D eigenvalue weighted by Crippen LogP contribution is -2.43. The van der Waals surface area contributed by atoms with E-state index in [9.17, 15) is 19.7 Å². The van der Waals surface area contributed by atoms with Gasteiger partial charge in [-0.3, -0.25) is 14.9 Å². The zero-order valence-corrected chi connectivity index (χ0v) is 14.8. The van der Waals surface area contributed by atoms with Crippen molar-refractivity contribution in [1.82, 2.24) is 5.32 Å². The predicted octanol–water partition coefficient (Wildman–Crippen LogP) is 2.73. The quantitative estimate of drug-likeness (QED) is 0.487. The molecule has 26 heavy (non-hydrogen) atoms. The number of hydrogen-bond acceptors (Lipinski definition) is 5. The molecule has 0 aliphatic heterocycles. The van der Waals surface area contributed by atoms with E-state index >= 15 is 0 Å². The zero-order chi connectivity index (χ0) is 19.3. The molecule has 2 aromatic rings. The van der Waals surface area contributed by atoms with Crippen LogP contribution in [0.15, 0.2) is 42.5 Å². The van der Waals surface area contributed by atoms with Crippen LogP contribution in [0, 0.1) is 24.0 Å². The molecule has 136 valence electrons. The standard InChI is InChI=1S/C19H20N2O5/c1-12-5-4-6-13(2)17(12)18(22)20-16(19(23)26-3)11-14-7-9-15(10-8-14)21(24)25/h4-10,16H,11H2,1-3H3,(H,20,22)/t16-/m0/s1. The van der Waals surface area contributed by atoms with E-state index in [-0.39, 0.29) is 18.0 Å². The number of carbonyl (C=O) groups excluding carboxylic acids is 2. The highest BCUT2D eigenvalue weighted by Crippen LogP contribution is 2.16. The van der Waals surface area contributed by atoms with Gasteiger partial charge in [0, 0.05) is 24.1 Å². The van der Waals surface area contributed by atoms with Gasteiger partial charge < -0.3 is 10.1 Å². The average molecular weight is 356 g/mol. The van der Waals surface area contributed by atoms with E-state index in [1.165, 1.54) is 19.2 Å². The molecule has 0 radical (unpaired) electrons. The van der Waals surface area contributed by atoms with Gasteiger partial charge in [-0.2, -0.15) is 0 Å². The summed E-state index contributed by atoms with van der Waals surface area (Å²) < 4.78 is 4.78. The third-order valence-corrected chi connectivity index (χ3v) is 4.09. The Morgan fingerprint density at radius 2 is 1.69 bits per heavy atom. The van der Waals surface area contributed by atoms with Gasteiger partial charge in [-0.25, -0.2) is 4.79 Å². The van der Waals surface area contributed by atoms with Crippen molar-refractivity contribution in [3.05, 3.63) is 74.8 Å². The molecule has 0 spiro atoms. The minimum atomic E-state index is -0.895. The van der Waals surface area contributed by atoms with Crippen LogP contribution in [0.25, 0.3) is 0 Å². The largest absolute Gasteiger partial charge is 0.467 e. The molecule has 7 nitrogen and oxygen atoms in total. The minimum absolute atomic E-state index is 0.0389. The van der Waals surface area contributed by atoms with Gasteiger partial charge in [0.2, 0.25) is 0 Å². The topological polar surface area (TPSA) is 98.5 Å². The fraction of sp³-hybridized carbons (Fsp3) is 0.263. The predicted molar refractivity (Wildman–Crippen MR) is 96.0 cm³/mol. The number of hydrogen-bond donors (Lipinski definition) is 1. The van der Waals surface area contributed by atoms with Gasteiger partial charge in [0.25, 0.3) is 11.6 Å². The summed E-state index contributed by atoms with van der Waals surface area (Å²) in [5, 5.41) is 13.4. The lowest BCUT2D eigenvalue weighted by Gasteiger charge is -2.18. The fourth-order valence-corrected chi connectivity index (χ4v) is 2.73. The van der Waals surface area contributed by atoms with Gasteiger partial charge in [0.15, 0.2) is 0 Å². The molecule has 0 saturated carbocycles. The molecule has 0 fully saturated rings. The van der Waals surface area contributed by atoms with E-state index in [0.29, 0.717) is 11.1 Å². The summed E-state index contributed by atoms with van der Waals surface area (Å²) in [5.74, 6) is -0.944. The summed E-state index contributed by atoms with van der Waals surface area (Å²) in [5.41, 5.74) is 2.77. The Morgan fingerprint density at radius 1 is 1.12 bits per heavy atom. The summed E-state index contributed by atoms with van der Waals surface area (Å²) >= 11 is 0. The Kier molecular flexibility index (Phi) is 6.06. The van der Waals surface area contributed by atoms with Gasteiger partial charge in [0.05, 0.1) is 12.0 Å². The highest BCUT2D eigenvalue weighted by molar-refractivity contribution is 5.99. The molecule has 1 amide bonds. The number of rotatable bonds is 6. The maximum absolute atomic E-state index is 12.6.